The van der Waals surface area contributed by atoms with Crippen molar-refractivity contribution in [2.24, 2.45) is 0 Å². The molecule has 1 unspecified atom stereocenters. The third kappa shape index (κ3) is 2.78. The molecule has 1 N–H and O–H groups in total. The Morgan fingerprint density at radius 2 is 1.92 bits per heavy atom. The van der Waals surface area contributed by atoms with Crippen LogP contribution in [-0.2, 0) is 20.7 Å². The lowest BCUT2D eigenvalue weighted by atomic mass is 9.78. The molecule has 1 atom stereocenters. The number of hydrogen-bond acceptors (Lipinski definition) is 3. The lowest BCUT2D eigenvalue weighted by Gasteiger charge is -2.35. The van der Waals surface area contributed by atoms with Crippen LogP contribution in [0.4, 0.5) is 0 Å². The molecule has 0 bridgehead atoms. The van der Waals surface area contributed by atoms with Crippen molar-refractivity contribution in [1.82, 2.24) is 5.32 Å². The first kappa shape index (κ1) is 16.4. The summed E-state index contributed by atoms with van der Waals surface area (Å²) in [5.41, 5.74) is 2.92. The van der Waals surface area contributed by atoms with Crippen LogP contribution >= 0.6 is 0 Å². The van der Waals surface area contributed by atoms with Crippen molar-refractivity contribution in [2.75, 3.05) is 0 Å². The highest BCUT2D eigenvalue weighted by Gasteiger charge is 2.49. The molecular weight excluding hydrogens is 314 g/mol. The fraction of sp³-hybridized carbons (Fsp3) is 0.524. The third-order valence-corrected chi connectivity index (χ3v) is 5.99. The predicted octanol–water partition coefficient (Wildman–Crippen LogP) is 3.76. The molecule has 1 saturated carbocycles. The van der Waals surface area contributed by atoms with Gasteiger partial charge in [-0.2, -0.15) is 0 Å². The van der Waals surface area contributed by atoms with Crippen LogP contribution in [0.15, 0.2) is 35.4 Å². The van der Waals surface area contributed by atoms with Crippen molar-refractivity contribution in [2.45, 2.75) is 69.9 Å². The van der Waals surface area contributed by atoms with Crippen molar-refractivity contribution in [1.29, 1.82) is 0 Å². The van der Waals surface area contributed by atoms with E-state index in [9.17, 15) is 9.59 Å². The minimum absolute atomic E-state index is 0.0223. The maximum Gasteiger partial charge on any atom is 0.335 e. The molecule has 132 valence electrons. The number of fused-ring (bicyclic) bond motifs is 1. The summed E-state index contributed by atoms with van der Waals surface area (Å²) in [5.74, 6) is -0.442. The topological polar surface area (TPSA) is 55.4 Å². The van der Waals surface area contributed by atoms with Crippen LogP contribution in [0.3, 0.4) is 0 Å². The summed E-state index contributed by atoms with van der Waals surface area (Å²) in [6.07, 6.45) is 7.75. The molecule has 2 aliphatic carbocycles. The SMILES string of the molecule is CC1=C(C(=O)NC2CCCc3ccccc32)C2(CCCCC2)OC1=O. The molecule has 25 heavy (non-hydrogen) atoms. The fourth-order valence-corrected chi connectivity index (χ4v) is 4.74. The van der Waals surface area contributed by atoms with Gasteiger partial charge in [0, 0.05) is 5.57 Å². The molecule has 1 fully saturated rings. The number of hydrogen-bond donors (Lipinski definition) is 1. The second kappa shape index (κ2) is 6.32. The first-order valence-corrected chi connectivity index (χ1v) is 9.44. The van der Waals surface area contributed by atoms with Gasteiger partial charge in [-0.15, -0.1) is 0 Å². The van der Waals surface area contributed by atoms with Crippen LogP contribution in [-0.4, -0.2) is 17.5 Å². The fourth-order valence-electron chi connectivity index (χ4n) is 4.74. The van der Waals surface area contributed by atoms with E-state index >= 15 is 0 Å². The smallest absolute Gasteiger partial charge is 0.335 e. The van der Waals surface area contributed by atoms with Crippen molar-refractivity contribution >= 4 is 11.9 Å². The van der Waals surface area contributed by atoms with E-state index in [1.165, 1.54) is 11.1 Å². The molecule has 1 heterocycles. The quantitative estimate of drug-likeness (QED) is 0.835. The number of amides is 1. The molecule has 1 aromatic carbocycles. The lowest BCUT2D eigenvalue weighted by Crippen LogP contribution is -2.42. The molecule has 3 aliphatic rings. The number of rotatable bonds is 2. The zero-order valence-electron chi connectivity index (χ0n) is 14.8. The highest BCUT2D eigenvalue weighted by molar-refractivity contribution is 6.07. The van der Waals surface area contributed by atoms with Crippen LogP contribution in [0.5, 0.6) is 0 Å². The van der Waals surface area contributed by atoms with E-state index in [0.717, 1.165) is 51.4 Å². The average Bonchev–Trinajstić information content (AvgIpc) is 2.85. The molecule has 1 spiro atoms. The van der Waals surface area contributed by atoms with Crippen LogP contribution in [0.2, 0.25) is 0 Å². The normalized spacial score (nSPS) is 24.8. The van der Waals surface area contributed by atoms with Gasteiger partial charge in [0.15, 0.2) is 0 Å². The standard InChI is InChI=1S/C21H25NO3/c1-14-18(21(25-20(14)24)12-5-2-6-13-21)19(23)22-17-11-7-9-15-8-3-4-10-16(15)17/h3-4,8,10,17H,2,5-7,9,11-13H2,1H3,(H,22,23). The number of aryl methyl sites for hydroxylation is 1. The molecule has 0 saturated heterocycles. The zero-order valence-corrected chi connectivity index (χ0v) is 14.8. The Hall–Kier alpha value is -2.10. The van der Waals surface area contributed by atoms with Gasteiger partial charge in [-0.1, -0.05) is 30.7 Å². The third-order valence-electron chi connectivity index (χ3n) is 5.99. The second-order valence-electron chi connectivity index (χ2n) is 7.56. The Labute approximate surface area is 148 Å². The number of carbonyl (C=O) groups excluding carboxylic acids is 2. The number of benzene rings is 1. The Morgan fingerprint density at radius 1 is 1.16 bits per heavy atom. The lowest BCUT2D eigenvalue weighted by molar-refractivity contribution is -0.149. The van der Waals surface area contributed by atoms with Gasteiger partial charge in [0.05, 0.1) is 11.6 Å². The number of esters is 1. The van der Waals surface area contributed by atoms with Crippen LogP contribution in [0, 0.1) is 0 Å². The minimum atomic E-state index is -0.683. The second-order valence-corrected chi connectivity index (χ2v) is 7.56. The molecular formula is C21H25NO3. The van der Waals surface area contributed by atoms with E-state index in [2.05, 4.69) is 23.5 Å². The first-order chi connectivity index (χ1) is 12.1. The molecule has 1 amide bonds. The van der Waals surface area contributed by atoms with Gasteiger partial charge in [-0.3, -0.25) is 4.79 Å². The van der Waals surface area contributed by atoms with E-state index in [1.807, 2.05) is 6.07 Å². The number of carbonyl (C=O) groups is 2. The maximum atomic E-state index is 13.2. The van der Waals surface area contributed by atoms with Gasteiger partial charge in [0.1, 0.15) is 5.60 Å². The van der Waals surface area contributed by atoms with Gasteiger partial charge in [0.25, 0.3) is 5.91 Å². The molecule has 4 rings (SSSR count). The minimum Gasteiger partial charge on any atom is -0.451 e. The largest absolute Gasteiger partial charge is 0.451 e. The average molecular weight is 339 g/mol. The zero-order chi connectivity index (χ0) is 17.4. The summed E-state index contributed by atoms with van der Waals surface area (Å²) in [7, 11) is 0. The van der Waals surface area contributed by atoms with Crippen molar-refractivity contribution in [3.8, 4) is 0 Å². The van der Waals surface area contributed by atoms with Gasteiger partial charge in [0.2, 0.25) is 0 Å². The van der Waals surface area contributed by atoms with E-state index < -0.39 is 5.60 Å². The predicted molar refractivity (Wildman–Crippen MR) is 94.9 cm³/mol. The highest BCUT2D eigenvalue weighted by atomic mass is 16.6. The van der Waals surface area contributed by atoms with Gasteiger partial charge < -0.3 is 10.1 Å². The summed E-state index contributed by atoms with van der Waals surface area (Å²) >= 11 is 0. The van der Waals surface area contributed by atoms with Gasteiger partial charge in [-0.05, 0) is 63.0 Å². The highest BCUT2D eigenvalue weighted by Crippen LogP contribution is 2.44. The Morgan fingerprint density at radius 3 is 2.72 bits per heavy atom. The first-order valence-electron chi connectivity index (χ1n) is 9.44. The van der Waals surface area contributed by atoms with E-state index in [4.69, 9.17) is 4.74 Å². The van der Waals surface area contributed by atoms with Crippen LogP contribution in [0.1, 0.15) is 69.0 Å². The number of nitrogens with one attached hydrogen (secondary N) is 1. The molecule has 0 aromatic heterocycles. The van der Waals surface area contributed by atoms with Crippen LogP contribution < -0.4 is 5.32 Å². The van der Waals surface area contributed by atoms with E-state index in [-0.39, 0.29) is 17.9 Å². The molecule has 1 aromatic rings. The Bertz CT molecular complexity index is 743. The van der Waals surface area contributed by atoms with Crippen molar-refractivity contribution in [3.05, 3.63) is 46.5 Å². The summed E-state index contributed by atoms with van der Waals surface area (Å²) in [4.78, 5) is 25.3. The Balaban J connectivity index is 1.61. The van der Waals surface area contributed by atoms with E-state index in [0.29, 0.717) is 11.1 Å². The van der Waals surface area contributed by atoms with Crippen molar-refractivity contribution < 1.29 is 14.3 Å². The summed E-state index contributed by atoms with van der Waals surface area (Å²) < 4.78 is 5.72. The van der Waals surface area contributed by atoms with E-state index in [1.54, 1.807) is 6.92 Å². The molecule has 4 nitrogen and oxygen atoms in total. The molecule has 1 aliphatic heterocycles. The summed E-state index contributed by atoms with van der Waals surface area (Å²) in [5, 5.41) is 3.21. The number of ether oxygens (including phenoxy) is 1. The summed E-state index contributed by atoms with van der Waals surface area (Å²) in [6.45, 7) is 1.73. The molecule has 4 heteroatoms. The monoisotopic (exact) mass is 339 g/mol. The van der Waals surface area contributed by atoms with Gasteiger partial charge >= 0.3 is 5.97 Å². The molecule has 0 radical (unpaired) electrons. The maximum absolute atomic E-state index is 13.2. The van der Waals surface area contributed by atoms with Crippen LogP contribution in [0.25, 0.3) is 0 Å². The summed E-state index contributed by atoms with van der Waals surface area (Å²) in [6, 6.07) is 8.35. The van der Waals surface area contributed by atoms with Crippen molar-refractivity contribution in [3.63, 3.8) is 0 Å². The Kier molecular flexibility index (Phi) is 4.14. The van der Waals surface area contributed by atoms with Gasteiger partial charge in [-0.25, -0.2) is 4.79 Å².